The summed E-state index contributed by atoms with van der Waals surface area (Å²) < 4.78 is 5.12. The Labute approximate surface area is 98.5 Å². The van der Waals surface area contributed by atoms with Gasteiger partial charge in [-0.2, -0.15) is 11.8 Å². The molecule has 0 radical (unpaired) electrons. The standard InChI is InChI=1S/C12H25NOS/c1-3-8-13-11(6-4-9-14-2)12-7-5-10-15-12/h11-13H,3-10H2,1-2H3. The molecule has 1 fully saturated rings. The van der Waals surface area contributed by atoms with Crippen molar-refractivity contribution < 1.29 is 4.74 Å². The molecular formula is C12H25NOS. The summed E-state index contributed by atoms with van der Waals surface area (Å²) >= 11 is 2.16. The van der Waals surface area contributed by atoms with Crippen molar-refractivity contribution >= 4 is 11.8 Å². The number of methoxy groups -OCH3 is 1. The van der Waals surface area contributed by atoms with Crippen LogP contribution in [0.2, 0.25) is 0 Å². The fraction of sp³-hybridized carbons (Fsp3) is 1.00. The van der Waals surface area contributed by atoms with Crippen LogP contribution in [0.5, 0.6) is 0 Å². The molecule has 0 aromatic heterocycles. The molecule has 1 saturated heterocycles. The Hall–Kier alpha value is 0.270. The van der Waals surface area contributed by atoms with Crippen LogP contribution in [-0.2, 0) is 4.74 Å². The van der Waals surface area contributed by atoms with Crippen LogP contribution >= 0.6 is 11.8 Å². The maximum absolute atomic E-state index is 5.12. The van der Waals surface area contributed by atoms with Crippen LogP contribution in [0, 0.1) is 0 Å². The van der Waals surface area contributed by atoms with Gasteiger partial charge < -0.3 is 10.1 Å². The first-order chi connectivity index (χ1) is 7.38. The van der Waals surface area contributed by atoms with Gasteiger partial charge in [-0.1, -0.05) is 6.92 Å². The van der Waals surface area contributed by atoms with Crippen molar-refractivity contribution in [1.82, 2.24) is 5.32 Å². The monoisotopic (exact) mass is 231 g/mol. The summed E-state index contributed by atoms with van der Waals surface area (Å²) in [5, 5.41) is 4.55. The molecule has 2 unspecified atom stereocenters. The molecule has 1 heterocycles. The number of thioether (sulfide) groups is 1. The molecular weight excluding hydrogens is 206 g/mol. The summed E-state index contributed by atoms with van der Waals surface area (Å²) in [4.78, 5) is 0. The van der Waals surface area contributed by atoms with Crippen LogP contribution in [0.25, 0.3) is 0 Å². The minimum atomic E-state index is 0.715. The van der Waals surface area contributed by atoms with Crippen molar-refractivity contribution in [3.8, 4) is 0 Å². The molecule has 2 atom stereocenters. The molecule has 0 aromatic rings. The third-order valence-electron chi connectivity index (χ3n) is 2.93. The lowest BCUT2D eigenvalue weighted by atomic mass is 10.0. The van der Waals surface area contributed by atoms with Gasteiger partial charge in [0.25, 0.3) is 0 Å². The summed E-state index contributed by atoms with van der Waals surface area (Å²) in [7, 11) is 1.79. The summed E-state index contributed by atoms with van der Waals surface area (Å²) in [6.07, 6.45) is 6.50. The lowest BCUT2D eigenvalue weighted by Gasteiger charge is -2.24. The van der Waals surface area contributed by atoms with Crippen molar-refractivity contribution in [2.45, 2.75) is 50.3 Å². The van der Waals surface area contributed by atoms with E-state index in [1.54, 1.807) is 7.11 Å². The molecule has 0 aromatic carbocycles. The average molecular weight is 231 g/mol. The first kappa shape index (κ1) is 13.3. The van der Waals surface area contributed by atoms with E-state index in [2.05, 4.69) is 24.0 Å². The quantitative estimate of drug-likeness (QED) is 0.649. The number of ether oxygens (including phenoxy) is 1. The zero-order chi connectivity index (χ0) is 10.9. The smallest absolute Gasteiger partial charge is 0.0462 e. The summed E-state index contributed by atoms with van der Waals surface area (Å²) in [6, 6.07) is 0.715. The van der Waals surface area contributed by atoms with Gasteiger partial charge in [-0.3, -0.25) is 0 Å². The van der Waals surface area contributed by atoms with E-state index >= 15 is 0 Å². The Bertz CT molecular complexity index is 149. The Morgan fingerprint density at radius 2 is 2.40 bits per heavy atom. The van der Waals surface area contributed by atoms with E-state index in [4.69, 9.17) is 4.74 Å². The molecule has 3 heteroatoms. The van der Waals surface area contributed by atoms with Gasteiger partial charge in [-0.15, -0.1) is 0 Å². The molecule has 0 aliphatic carbocycles. The third kappa shape index (κ3) is 5.23. The van der Waals surface area contributed by atoms with E-state index in [1.165, 1.54) is 37.9 Å². The molecule has 1 rings (SSSR count). The fourth-order valence-corrected chi connectivity index (χ4v) is 3.55. The zero-order valence-corrected chi connectivity index (χ0v) is 10.9. The van der Waals surface area contributed by atoms with Gasteiger partial charge in [-0.05, 0) is 44.4 Å². The van der Waals surface area contributed by atoms with Gasteiger partial charge in [0.1, 0.15) is 0 Å². The number of nitrogens with one attached hydrogen (secondary N) is 1. The van der Waals surface area contributed by atoms with Crippen LogP contribution in [0.15, 0.2) is 0 Å². The van der Waals surface area contributed by atoms with Crippen molar-refractivity contribution in [2.24, 2.45) is 0 Å². The van der Waals surface area contributed by atoms with Crippen molar-refractivity contribution in [2.75, 3.05) is 26.0 Å². The fourth-order valence-electron chi connectivity index (χ4n) is 2.12. The van der Waals surface area contributed by atoms with E-state index in [0.29, 0.717) is 6.04 Å². The number of rotatable bonds is 8. The molecule has 0 saturated carbocycles. The van der Waals surface area contributed by atoms with Crippen molar-refractivity contribution in [3.05, 3.63) is 0 Å². The SMILES string of the molecule is CCCNC(CCCOC)C1CCCS1. The minimum absolute atomic E-state index is 0.715. The summed E-state index contributed by atoms with van der Waals surface area (Å²) in [6.45, 7) is 4.30. The van der Waals surface area contributed by atoms with Crippen LogP contribution in [-0.4, -0.2) is 37.3 Å². The second-order valence-corrected chi connectivity index (χ2v) is 5.59. The molecule has 0 bridgehead atoms. The molecule has 1 aliphatic heterocycles. The highest BCUT2D eigenvalue weighted by atomic mass is 32.2. The van der Waals surface area contributed by atoms with Gasteiger partial charge in [0.15, 0.2) is 0 Å². The van der Waals surface area contributed by atoms with E-state index in [-0.39, 0.29) is 0 Å². The third-order valence-corrected chi connectivity index (χ3v) is 4.45. The maximum atomic E-state index is 5.12. The van der Waals surface area contributed by atoms with Gasteiger partial charge in [0.05, 0.1) is 0 Å². The molecule has 1 aliphatic rings. The number of hydrogen-bond acceptors (Lipinski definition) is 3. The normalized spacial score (nSPS) is 23.2. The van der Waals surface area contributed by atoms with Crippen molar-refractivity contribution in [1.29, 1.82) is 0 Å². The Morgan fingerprint density at radius 3 is 3.00 bits per heavy atom. The van der Waals surface area contributed by atoms with E-state index in [1.807, 2.05) is 0 Å². The Balaban J connectivity index is 2.23. The van der Waals surface area contributed by atoms with Crippen LogP contribution in [0.1, 0.15) is 39.0 Å². The predicted molar refractivity (Wildman–Crippen MR) is 68.7 cm³/mol. The van der Waals surface area contributed by atoms with Gasteiger partial charge in [-0.25, -0.2) is 0 Å². The molecule has 1 N–H and O–H groups in total. The number of hydrogen-bond donors (Lipinski definition) is 1. The second-order valence-electron chi connectivity index (χ2n) is 4.25. The predicted octanol–water partition coefficient (Wildman–Crippen LogP) is 2.68. The topological polar surface area (TPSA) is 21.3 Å². The molecule has 0 spiro atoms. The van der Waals surface area contributed by atoms with Gasteiger partial charge in [0, 0.05) is 25.0 Å². The highest BCUT2D eigenvalue weighted by molar-refractivity contribution is 8.00. The lowest BCUT2D eigenvalue weighted by molar-refractivity contribution is 0.188. The molecule has 2 nitrogen and oxygen atoms in total. The first-order valence-electron chi connectivity index (χ1n) is 6.22. The summed E-state index contributed by atoms with van der Waals surface area (Å²) in [5.41, 5.74) is 0. The largest absolute Gasteiger partial charge is 0.385 e. The average Bonchev–Trinajstić information content (AvgIpc) is 2.76. The van der Waals surface area contributed by atoms with Crippen LogP contribution in [0.3, 0.4) is 0 Å². The first-order valence-corrected chi connectivity index (χ1v) is 7.27. The Kier molecular flexibility index (Phi) is 7.49. The molecule has 90 valence electrons. The summed E-state index contributed by atoms with van der Waals surface area (Å²) in [5.74, 6) is 1.36. The second kappa shape index (κ2) is 8.43. The van der Waals surface area contributed by atoms with Gasteiger partial charge >= 0.3 is 0 Å². The van der Waals surface area contributed by atoms with E-state index in [9.17, 15) is 0 Å². The van der Waals surface area contributed by atoms with Gasteiger partial charge in [0.2, 0.25) is 0 Å². The molecule has 0 amide bonds. The lowest BCUT2D eigenvalue weighted by Crippen LogP contribution is -2.37. The Morgan fingerprint density at radius 1 is 1.53 bits per heavy atom. The van der Waals surface area contributed by atoms with Crippen LogP contribution in [0.4, 0.5) is 0 Å². The van der Waals surface area contributed by atoms with Crippen LogP contribution < -0.4 is 5.32 Å². The highest BCUT2D eigenvalue weighted by Gasteiger charge is 2.24. The van der Waals surface area contributed by atoms with E-state index in [0.717, 1.165) is 18.4 Å². The van der Waals surface area contributed by atoms with E-state index < -0.39 is 0 Å². The van der Waals surface area contributed by atoms with Crippen molar-refractivity contribution in [3.63, 3.8) is 0 Å². The zero-order valence-electron chi connectivity index (χ0n) is 10.1. The highest BCUT2D eigenvalue weighted by Crippen LogP contribution is 2.30. The molecule has 15 heavy (non-hydrogen) atoms. The maximum Gasteiger partial charge on any atom is 0.0462 e. The minimum Gasteiger partial charge on any atom is -0.385 e.